The van der Waals surface area contributed by atoms with Gasteiger partial charge in [-0.25, -0.2) is 0 Å². The van der Waals surface area contributed by atoms with E-state index in [1.54, 1.807) is 0 Å². The average Bonchev–Trinajstić information content (AvgIpc) is 2.16. The second kappa shape index (κ2) is 11.2. The first kappa shape index (κ1) is 12.2. The van der Waals surface area contributed by atoms with Crippen LogP contribution in [0.1, 0.15) is 45.4 Å². The van der Waals surface area contributed by atoms with Gasteiger partial charge in [0, 0.05) is 6.42 Å². The van der Waals surface area contributed by atoms with Crippen molar-refractivity contribution in [3.05, 3.63) is 24.3 Å². The number of carbonyl (C=O) groups is 1. The van der Waals surface area contributed by atoms with Crippen molar-refractivity contribution >= 4 is 6.29 Å². The van der Waals surface area contributed by atoms with Gasteiger partial charge < -0.3 is 4.79 Å². The molecule has 0 heterocycles. The molecule has 1 heteroatoms. The second-order valence-electron chi connectivity index (χ2n) is 3.07. The van der Waals surface area contributed by atoms with Crippen LogP contribution in [0, 0.1) is 0 Å². The molecule has 0 atom stereocenters. The molecule has 0 rings (SSSR count). The van der Waals surface area contributed by atoms with E-state index in [4.69, 9.17) is 0 Å². The molecule has 0 aromatic rings. The van der Waals surface area contributed by atoms with Crippen molar-refractivity contribution in [1.82, 2.24) is 0 Å². The Balaban J connectivity index is 3.10. The van der Waals surface area contributed by atoms with E-state index in [0.717, 1.165) is 32.0 Å². The maximum atomic E-state index is 9.99. The predicted molar refractivity (Wildman–Crippen MR) is 57.7 cm³/mol. The number of rotatable bonds is 8. The Morgan fingerprint density at radius 2 is 1.62 bits per heavy atom. The molecular weight excluding hydrogens is 160 g/mol. The molecule has 0 saturated heterocycles. The van der Waals surface area contributed by atoms with E-state index in [2.05, 4.69) is 31.2 Å². The Labute approximate surface area is 81.5 Å². The fourth-order valence-corrected chi connectivity index (χ4v) is 1.06. The van der Waals surface area contributed by atoms with E-state index in [1.165, 1.54) is 12.8 Å². The lowest BCUT2D eigenvalue weighted by Gasteiger charge is -1.92. The Bertz CT molecular complexity index is 157. The molecule has 0 bridgehead atoms. The van der Waals surface area contributed by atoms with Crippen LogP contribution in [0.25, 0.3) is 0 Å². The van der Waals surface area contributed by atoms with E-state index in [9.17, 15) is 4.79 Å². The van der Waals surface area contributed by atoms with Crippen LogP contribution in [0.15, 0.2) is 24.3 Å². The molecule has 0 aromatic heterocycles. The summed E-state index contributed by atoms with van der Waals surface area (Å²) in [5.74, 6) is 0. The van der Waals surface area contributed by atoms with Crippen molar-refractivity contribution in [2.75, 3.05) is 0 Å². The zero-order valence-corrected chi connectivity index (χ0v) is 8.54. The van der Waals surface area contributed by atoms with Gasteiger partial charge in [-0.1, -0.05) is 37.6 Å². The van der Waals surface area contributed by atoms with Crippen molar-refractivity contribution in [2.24, 2.45) is 0 Å². The van der Waals surface area contributed by atoms with Crippen LogP contribution in [0.5, 0.6) is 0 Å². The highest BCUT2D eigenvalue weighted by Crippen LogP contribution is 2.02. The summed E-state index contributed by atoms with van der Waals surface area (Å²) in [4.78, 5) is 9.99. The van der Waals surface area contributed by atoms with Gasteiger partial charge in [-0.05, 0) is 25.7 Å². The van der Waals surface area contributed by atoms with Crippen LogP contribution >= 0.6 is 0 Å². The highest BCUT2D eigenvalue weighted by Gasteiger charge is 1.85. The van der Waals surface area contributed by atoms with Gasteiger partial charge in [0.1, 0.15) is 6.29 Å². The van der Waals surface area contributed by atoms with E-state index >= 15 is 0 Å². The van der Waals surface area contributed by atoms with Gasteiger partial charge >= 0.3 is 0 Å². The molecule has 13 heavy (non-hydrogen) atoms. The highest BCUT2D eigenvalue weighted by atomic mass is 16.1. The van der Waals surface area contributed by atoms with Gasteiger partial charge in [-0.3, -0.25) is 0 Å². The fraction of sp³-hybridized carbons (Fsp3) is 0.583. The topological polar surface area (TPSA) is 17.1 Å². The van der Waals surface area contributed by atoms with E-state index in [-0.39, 0.29) is 0 Å². The monoisotopic (exact) mass is 180 g/mol. The van der Waals surface area contributed by atoms with Crippen LogP contribution in [0.3, 0.4) is 0 Å². The number of hydrogen-bond donors (Lipinski definition) is 0. The van der Waals surface area contributed by atoms with Crippen LogP contribution in [0.4, 0.5) is 0 Å². The smallest absolute Gasteiger partial charge is 0.119 e. The van der Waals surface area contributed by atoms with Gasteiger partial charge in [-0.15, -0.1) is 0 Å². The summed E-state index contributed by atoms with van der Waals surface area (Å²) in [7, 11) is 0. The minimum atomic E-state index is 0.722. The molecule has 0 saturated carbocycles. The maximum Gasteiger partial charge on any atom is 0.119 e. The SMILES string of the molecule is CC/C=C/C=C/CCCCCC=O. The number of aldehydes is 1. The Kier molecular flexibility index (Phi) is 10.4. The predicted octanol–water partition coefficient (Wildman–Crippen LogP) is 3.66. The summed E-state index contributed by atoms with van der Waals surface area (Å²) < 4.78 is 0. The van der Waals surface area contributed by atoms with E-state index in [1.807, 2.05) is 0 Å². The normalized spacial score (nSPS) is 11.5. The molecule has 0 radical (unpaired) electrons. The molecule has 0 fully saturated rings. The van der Waals surface area contributed by atoms with Crippen molar-refractivity contribution in [3.63, 3.8) is 0 Å². The van der Waals surface area contributed by atoms with E-state index in [0.29, 0.717) is 0 Å². The van der Waals surface area contributed by atoms with Gasteiger partial charge in [-0.2, -0.15) is 0 Å². The molecule has 0 unspecified atom stereocenters. The molecule has 0 N–H and O–H groups in total. The zero-order chi connectivity index (χ0) is 9.78. The molecule has 0 aromatic carbocycles. The summed E-state index contributed by atoms with van der Waals surface area (Å²) in [5, 5.41) is 0. The van der Waals surface area contributed by atoms with Gasteiger partial charge in [0.2, 0.25) is 0 Å². The first-order valence-corrected chi connectivity index (χ1v) is 5.17. The lowest BCUT2D eigenvalue weighted by molar-refractivity contribution is -0.107. The van der Waals surface area contributed by atoms with Crippen molar-refractivity contribution < 1.29 is 4.79 Å². The lowest BCUT2D eigenvalue weighted by Crippen LogP contribution is -1.77. The van der Waals surface area contributed by atoms with Crippen LogP contribution in [-0.4, -0.2) is 6.29 Å². The number of hydrogen-bond acceptors (Lipinski definition) is 1. The van der Waals surface area contributed by atoms with E-state index < -0.39 is 0 Å². The van der Waals surface area contributed by atoms with Crippen molar-refractivity contribution in [3.8, 4) is 0 Å². The standard InChI is InChI=1S/C12H20O/c1-2-3-4-5-6-7-8-9-10-11-12-13/h3-6,12H,2,7-11H2,1H3/b4-3+,6-5+. The third-order valence-electron chi connectivity index (χ3n) is 1.81. The molecule has 0 spiro atoms. The number of allylic oxidation sites excluding steroid dienone is 4. The van der Waals surface area contributed by atoms with Gasteiger partial charge in [0.25, 0.3) is 0 Å². The largest absolute Gasteiger partial charge is 0.303 e. The molecule has 0 amide bonds. The first-order valence-electron chi connectivity index (χ1n) is 5.17. The Morgan fingerprint density at radius 3 is 2.31 bits per heavy atom. The highest BCUT2D eigenvalue weighted by molar-refractivity contribution is 5.48. The maximum absolute atomic E-state index is 9.99. The summed E-state index contributed by atoms with van der Waals surface area (Å²) in [5.41, 5.74) is 0. The number of unbranched alkanes of at least 4 members (excludes halogenated alkanes) is 4. The van der Waals surface area contributed by atoms with Crippen molar-refractivity contribution in [2.45, 2.75) is 45.4 Å². The van der Waals surface area contributed by atoms with Gasteiger partial charge in [0.15, 0.2) is 0 Å². The minimum Gasteiger partial charge on any atom is -0.303 e. The van der Waals surface area contributed by atoms with Crippen LogP contribution in [-0.2, 0) is 4.79 Å². The van der Waals surface area contributed by atoms with Gasteiger partial charge in [0.05, 0.1) is 0 Å². The number of carbonyl (C=O) groups excluding carboxylic acids is 1. The minimum absolute atomic E-state index is 0.722. The molecule has 74 valence electrons. The summed E-state index contributed by atoms with van der Waals surface area (Å²) in [6.45, 7) is 2.13. The molecular formula is C12H20O. The fourth-order valence-electron chi connectivity index (χ4n) is 1.06. The molecule has 0 aliphatic rings. The first-order chi connectivity index (χ1) is 6.41. The Morgan fingerprint density at radius 1 is 0.923 bits per heavy atom. The third kappa shape index (κ3) is 11.1. The zero-order valence-electron chi connectivity index (χ0n) is 8.54. The summed E-state index contributed by atoms with van der Waals surface area (Å²) in [6, 6.07) is 0. The molecule has 1 nitrogen and oxygen atoms in total. The second-order valence-corrected chi connectivity index (χ2v) is 3.07. The van der Waals surface area contributed by atoms with Crippen LogP contribution < -0.4 is 0 Å². The molecule has 0 aliphatic carbocycles. The third-order valence-corrected chi connectivity index (χ3v) is 1.81. The van der Waals surface area contributed by atoms with Crippen LogP contribution in [0.2, 0.25) is 0 Å². The Hall–Kier alpha value is -0.850. The molecule has 0 aliphatic heterocycles. The van der Waals surface area contributed by atoms with Crippen molar-refractivity contribution in [1.29, 1.82) is 0 Å². The summed E-state index contributed by atoms with van der Waals surface area (Å²) >= 11 is 0. The average molecular weight is 180 g/mol. The lowest BCUT2D eigenvalue weighted by atomic mass is 10.1. The summed E-state index contributed by atoms with van der Waals surface area (Å²) in [6.07, 6.45) is 15.9. The quantitative estimate of drug-likeness (QED) is 0.316.